The van der Waals surface area contributed by atoms with E-state index >= 15 is 0 Å². The first kappa shape index (κ1) is 12.7. The molecule has 96 valence electrons. The Kier molecular flexibility index (Phi) is 4.03. The van der Waals surface area contributed by atoms with E-state index in [9.17, 15) is 0 Å². The van der Waals surface area contributed by atoms with E-state index in [4.69, 9.17) is 10.5 Å². The van der Waals surface area contributed by atoms with Crippen molar-refractivity contribution in [3.8, 4) is 5.75 Å². The summed E-state index contributed by atoms with van der Waals surface area (Å²) in [6.45, 7) is 5.14. The molecule has 0 amide bonds. The van der Waals surface area contributed by atoms with Gasteiger partial charge < -0.3 is 10.5 Å². The Morgan fingerprint density at radius 1 is 1.17 bits per heavy atom. The largest absolute Gasteiger partial charge is 0.493 e. The predicted octanol–water partition coefficient (Wildman–Crippen LogP) is 3.63. The van der Waals surface area contributed by atoms with Gasteiger partial charge in [0.05, 0.1) is 6.61 Å². The third-order valence-electron chi connectivity index (χ3n) is 3.44. The van der Waals surface area contributed by atoms with Crippen LogP contribution in [0, 0.1) is 5.92 Å². The third kappa shape index (κ3) is 2.55. The average Bonchev–Trinajstić information content (AvgIpc) is 2.42. The molecule has 3 heteroatoms. The van der Waals surface area contributed by atoms with Crippen molar-refractivity contribution < 1.29 is 4.74 Å². The molecule has 18 heavy (non-hydrogen) atoms. The molecule has 0 radical (unpaired) electrons. The highest BCUT2D eigenvalue weighted by atomic mass is 16.5. The van der Waals surface area contributed by atoms with Crippen molar-refractivity contribution in [2.45, 2.75) is 26.7 Å². The Balaban J connectivity index is 2.26. The van der Waals surface area contributed by atoms with E-state index in [-0.39, 0.29) is 0 Å². The van der Waals surface area contributed by atoms with Crippen molar-refractivity contribution in [1.82, 2.24) is 4.98 Å². The molecule has 1 heterocycles. The van der Waals surface area contributed by atoms with Crippen molar-refractivity contribution in [1.29, 1.82) is 0 Å². The minimum Gasteiger partial charge on any atom is -0.493 e. The van der Waals surface area contributed by atoms with Crippen LogP contribution >= 0.6 is 0 Å². The molecule has 0 atom stereocenters. The summed E-state index contributed by atoms with van der Waals surface area (Å²) in [5.74, 6) is 1.48. The molecule has 2 aromatic rings. The van der Waals surface area contributed by atoms with Gasteiger partial charge in [0.2, 0.25) is 0 Å². The zero-order valence-electron chi connectivity index (χ0n) is 11.0. The molecule has 0 fully saturated rings. The Morgan fingerprint density at radius 3 is 2.67 bits per heavy atom. The van der Waals surface area contributed by atoms with Gasteiger partial charge in [0.15, 0.2) is 0 Å². The van der Waals surface area contributed by atoms with Crippen LogP contribution in [0.25, 0.3) is 10.8 Å². The summed E-state index contributed by atoms with van der Waals surface area (Å²) in [6, 6.07) is 5.75. The van der Waals surface area contributed by atoms with Gasteiger partial charge in [0, 0.05) is 28.9 Å². The number of rotatable bonds is 5. The molecule has 0 saturated heterocycles. The van der Waals surface area contributed by atoms with Gasteiger partial charge in [-0.3, -0.25) is 4.98 Å². The molecule has 0 aliphatic heterocycles. The van der Waals surface area contributed by atoms with Gasteiger partial charge >= 0.3 is 0 Å². The Labute approximate surface area is 108 Å². The molecular formula is C15H20N2O. The molecular weight excluding hydrogens is 224 g/mol. The maximum Gasteiger partial charge on any atom is 0.128 e. The van der Waals surface area contributed by atoms with E-state index in [1.54, 1.807) is 6.20 Å². The first-order valence-corrected chi connectivity index (χ1v) is 6.51. The van der Waals surface area contributed by atoms with Crippen LogP contribution in [0.2, 0.25) is 0 Å². The molecule has 0 aliphatic rings. The van der Waals surface area contributed by atoms with Crippen LogP contribution in [0.5, 0.6) is 5.75 Å². The number of ether oxygens (including phenoxy) is 1. The molecule has 3 nitrogen and oxygen atoms in total. The number of fused-ring (bicyclic) bond motifs is 1. The number of hydrogen-bond donors (Lipinski definition) is 1. The second-order valence-corrected chi connectivity index (χ2v) is 4.57. The van der Waals surface area contributed by atoms with E-state index in [0.29, 0.717) is 5.92 Å². The van der Waals surface area contributed by atoms with Crippen molar-refractivity contribution in [3.63, 3.8) is 0 Å². The Morgan fingerprint density at radius 2 is 1.94 bits per heavy atom. The molecule has 0 saturated carbocycles. The van der Waals surface area contributed by atoms with Gasteiger partial charge in [-0.15, -0.1) is 0 Å². The maximum atomic E-state index is 5.95. The monoisotopic (exact) mass is 244 g/mol. The molecule has 0 unspecified atom stereocenters. The molecule has 1 aromatic carbocycles. The second-order valence-electron chi connectivity index (χ2n) is 4.57. The lowest BCUT2D eigenvalue weighted by atomic mass is 10.1. The van der Waals surface area contributed by atoms with Crippen LogP contribution in [0.15, 0.2) is 30.6 Å². The smallest absolute Gasteiger partial charge is 0.128 e. The van der Waals surface area contributed by atoms with E-state index in [1.165, 1.54) is 0 Å². The summed E-state index contributed by atoms with van der Waals surface area (Å²) in [4.78, 5) is 4.15. The summed E-state index contributed by atoms with van der Waals surface area (Å²) < 4.78 is 5.92. The highest BCUT2D eigenvalue weighted by molar-refractivity contribution is 5.96. The van der Waals surface area contributed by atoms with Crippen molar-refractivity contribution in [2.75, 3.05) is 12.3 Å². The standard InChI is InChI=1S/C15H20N2O/c1-3-11(4-2)10-18-15-6-5-14(16)12-7-8-17-9-13(12)15/h5-9,11H,3-4,10,16H2,1-2H3. The van der Waals surface area contributed by atoms with E-state index in [0.717, 1.165) is 41.7 Å². The minimum absolute atomic E-state index is 0.606. The van der Waals surface area contributed by atoms with Gasteiger partial charge in [-0.1, -0.05) is 26.7 Å². The summed E-state index contributed by atoms with van der Waals surface area (Å²) in [7, 11) is 0. The highest BCUT2D eigenvalue weighted by Gasteiger charge is 2.08. The summed E-state index contributed by atoms with van der Waals surface area (Å²) in [5, 5.41) is 2.00. The number of hydrogen-bond acceptors (Lipinski definition) is 3. The zero-order chi connectivity index (χ0) is 13.0. The van der Waals surface area contributed by atoms with Crippen LogP contribution in [-0.2, 0) is 0 Å². The van der Waals surface area contributed by atoms with Crippen LogP contribution < -0.4 is 10.5 Å². The molecule has 1 aromatic heterocycles. The topological polar surface area (TPSA) is 48.1 Å². The molecule has 0 aliphatic carbocycles. The maximum absolute atomic E-state index is 5.95. The lowest BCUT2D eigenvalue weighted by molar-refractivity contribution is 0.243. The third-order valence-corrected chi connectivity index (χ3v) is 3.44. The quantitative estimate of drug-likeness (QED) is 0.817. The molecule has 0 spiro atoms. The zero-order valence-corrected chi connectivity index (χ0v) is 11.0. The summed E-state index contributed by atoms with van der Waals surface area (Å²) >= 11 is 0. The normalized spacial score (nSPS) is 11.1. The number of nitrogens with zero attached hydrogens (tertiary/aromatic N) is 1. The molecule has 2 rings (SSSR count). The SMILES string of the molecule is CCC(CC)COc1ccc(N)c2ccncc12. The number of anilines is 1. The van der Waals surface area contributed by atoms with E-state index in [2.05, 4.69) is 18.8 Å². The lowest BCUT2D eigenvalue weighted by Gasteiger charge is -2.15. The number of pyridine rings is 1. The fourth-order valence-electron chi connectivity index (χ4n) is 2.05. The van der Waals surface area contributed by atoms with E-state index in [1.807, 2.05) is 24.4 Å². The van der Waals surface area contributed by atoms with Crippen molar-refractivity contribution in [3.05, 3.63) is 30.6 Å². The van der Waals surface area contributed by atoms with Gasteiger partial charge in [-0.05, 0) is 24.1 Å². The second kappa shape index (κ2) is 5.71. The van der Waals surface area contributed by atoms with Crippen molar-refractivity contribution >= 4 is 16.5 Å². The van der Waals surface area contributed by atoms with Gasteiger partial charge in [0.1, 0.15) is 5.75 Å². The first-order valence-electron chi connectivity index (χ1n) is 6.51. The number of nitrogens with two attached hydrogens (primary N) is 1. The predicted molar refractivity (Wildman–Crippen MR) is 75.7 cm³/mol. The van der Waals surface area contributed by atoms with Crippen LogP contribution in [0.1, 0.15) is 26.7 Å². The summed E-state index contributed by atoms with van der Waals surface area (Å²) in [6.07, 6.45) is 5.85. The minimum atomic E-state index is 0.606. The van der Waals surface area contributed by atoms with Gasteiger partial charge in [-0.25, -0.2) is 0 Å². The number of aromatic nitrogens is 1. The molecule has 2 N–H and O–H groups in total. The van der Waals surface area contributed by atoms with Crippen molar-refractivity contribution in [2.24, 2.45) is 5.92 Å². The number of benzene rings is 1. The van der Waals surface area contributed by atoms with E-state index < -0.39 is 0 Å². The van der Waals surface area contributed by atoms with Gasteiger partial charge in [0.25, 0.3) is 0 Å². The lowest BCUT2D eigenvalue weighted by Crippen LogP contribution is -2.10. The van der Waals surface area contributed by atoms with Gasteiger partial charge in [-0.2, -0.15) is 0 Å². The summed E-state index contributed by atoms with van der Waals surface area (Å²) in [5.41, 5.74) is 6.72. The van der Waals surface area contributed by atoms with Crippen LogP contribution in [0.3, 0.4) is 0 Å². The van der Waals surface area contributed by atoms with Crippen LogP contribution in [0.4, 0.5) is 5.69 Å². The average molecular weight is 244 g/mol. The first-order chi connectivity index (χ1) is 8.76. The Bertz CT molecular complexity index is 521. The van der Waals surface area contributed by atoms with Crippen LogP contribution in [-0.4, -0.2) is 11.6 Å². The fourth-order valence-corrected chi connectivity index (χ4v) is 2.05. The number of nitrogen functional groups attached to an aromatic ring is 1. The highest BCUT2D eigenvalue weighted by Crippen LogP contribution is 2.29. The Hall–Kier alpha value is -1.77. The fraction of sp³-hybridized carbons (Fsp3) is 0.400. The molecule has 0 bridgehead atoms.